The third-order valence-corrected chi connectivity index (χ3v) is 3.83. The maximum absolute atomic E-state index is 12.1. The molecule has 1 atom stereocenters. The molecule has 4 heteroatoms. The molecule has 18 heavy (non-hydrogen) atoms. The van der Waals surface area contributed by atoms with Crippen LogP contribution in [-0.4, -0.2) is 6.18 Å². The minimum absolute atomic E-state index is 0.0812. The molecule has 1 aromatic rings. The van der Waals surface area contributed by atoms with Crippen molar-refractivity contribution in [2.24, 2.45) is 0 Å². The van der Waals surface area contributed by atoms with Crippen molar-refractivity contribution in [2.75, 3.05) is 0 Å². The van der Waals surface area contributed by atoms with E-state index in [2.05, 4.69) is 22.9 Å². The lowest BCUT2D eigenvalue weighted by molar-refractivity contribution is -0.135. The average molecular weight is 323 g/mol. The van der Waals surface area contributed by atoms with Crippen molar-refractivity contribution in [2.45, 2.75) is 50.0 Å². The lowest BCUT2D eigenvalue weighted by Gasteiger charge is -2.12. The molecule has 0 amide bonds. The number of rotatable bonds is 6. The van der Waals surface area contributed by atoms with Crippen LogP contribution in [0.4, 0.5) is 13.2 Å². The van der Waals surface area contributed by atoms with E-state index in [1.165, 1.54) is 5.56 Å². The predicted octanol–water partition coefficient (Wildman–Crippen LogP) is 5.81. The molecule has 0 aliphatic rings. The van der Waals surface area contributed by atoms with Crippen molar-refractivity contribution in [1.29, 1.82) is 0 Å². The number of alkyl halides is 4. The highest BCUT2D eigenvalue weighted by Gasteiger charge is 2.28. The summed E-state index contributed by atoms with van der Waals surface area (Å²) in [5.41, 5.74) is 2.16. The highest BCUT2D eigenvalue weighted by Crippen LogP contribution is 2.33. The quantitative estimate of drug-likeness (QED) is 0.580. The SMILES string of the molecule is CCCCc1ccc(C(Br)CCC(F)(F)F)cc1. The first-order valence-corrected chi connectivity index (χ1v) is 7.13. The number of benzene rings is 1. The molecule has 0 aromatic heterocycles. The highest BCUT2D eigenvalue weighted by atomic mass is 79.9. The monoisotopic (exact) mass is 322 g/mol. The predicted molar refractivity (Wildman–Crippen MR) is 72.0 cm³/mol. The summed E-state index contributed by atoms with van der Waals surface area (Å²) in [5.74, 6) is 0. The van der Waals surface area contributed by atoms with Crippen LogP contribution >= 0.6 is 15.9 Å². The molecule has 1 aromatic carbocycles. The fourth-order valence-electron chi connectivity index (χ4n) is 1.73. The third-order valence-electron chi connectivity index (χ3n) is 2.84. The summed E-state index contributed by atoms with van der Waals surface area (Å²) in [4.78, 5) is -0.223. The fraction of sp³-hybridized carbons (Fsp3) is 0.571. The van der Waals surface area contributed by atoms with Gasteiger partial charge in [0.05, 0.1) is 0 Å². The van der Waals surface area contributed by atoms with Gasteiger partial charge in [-0.15, -0.1) is 0 Å². The second-order valence-corrected chi connectivity index (χ2v) is 5.57. The van der Waals surface area contributed by atoms with E-state index in [0.717, 1.165) is 24.8 Å². The molecule has 0 aliphatic carbocycles. The molecule has 1 rings (SSSR count). The highest BCUT2D eigenvalue weighted by molar-refractivity contribution is 9.09. The van der Waals surface area contributed by atoms with Gasteiger partial charge < -0.3 is 0 Å². The second-order valence-electron chi connectivity index (χ2n) is 4.47. The summed E-state index contributed by atoms with van der Waals surface area (Å²) >= 11 is 3.32. The Bertz CT molecular complexity index is 343. The Morgan fingerprint density at radius 2 is 1.78 bits per heavy atom. The zero-order valence-electron chi connectivity index (χ0n) is 10.4. The van der Waals surface area contributed by atoms with Gasteiger partial charge in [-0.3, -0.25) is 0 Å². The Balaban J connectivity index is 2.51. The molecule has 0 aliphatic heterocycles. The van der Waals surface area contributed by atoms with Gasteiger partial charge in [0.2, 0.25) is 0 Å². The molecular formula is C14H18BrF3. The van der Waals surface area contributed by atoms with E-state index in [9.17, 15) is 13.2 Å². The Kier molecular flexibility index (Phi) is 6.19. The van der Waals surface area contributed by atoms with Crippen LogP contribution in [0.5, 0.6) is 0 Å². The van der Waals surface area contributed by atoms with Crippen LogP contribution in [0.3, 0.4) is 0 Å². The van der Waals surface area contributed by atoms with E-state index in [1.54, 1.807) is 0 Å². The van der Waals surface area contributed by atoms with Crippen LogP contribution in [0.25, 0.3) is 0 Å². The van der Waals surface area contributed by atoms with Gasteiger partial charge in [-0.1, -0.05) is 53.5 Å². The maximum atomic E-state index is 12.1. The molecule has 0 fully saturated rings. The van der Waals surface area contributed by atoms with Gasteiger partial charge in [-0.05, 0) is 30.4 Å². The summed E-state index contributed by atoms with van der Waals surface area (Å²) in [6.07, 6.45) is -1.42. The molecule has 0 N–H and O–H groups in total. The number of unbranched alkanes of at least 4 members (excludes halogenated alkanes) is 1. The lowest BCUT2D eigenvalue weighted by atomic mass is 10.0. The van der Waals surface area contributed by atoms with E-state index < -0.39 is 12.6 Å². The van der Waals surface area contributed by atoms with Crippen LogP contribution in [0, 0.1) is 0 Å². The Morgan fingerprint density at radius 1 is 1.17 bits per heavy atom. The fourth-order valence-corrected chi connectivity index (χ4v) is 2.27. The lowest BCUT2D eigenvalue weighted by Crippen LogP contribution is -2.08. The summed E-state index contributed by atoms with van der Waals surface area (Å²) in [6.45, 7) is 2.14. The van der Waals surface area contributed by atoms with Gasteiger partial charge in [0, 0.05) is 11.2 Å². The summed E-state index contributed by atoms with van der Waals surface area (Å²) in [7, 11) is 0. The molecule has 0 saturated carbocycles. The normalized spacial score (nSPS) is 13.6. The first-order valence-electron chi connectivity index (χ1n) is 6.22. The van der Waals surface area contributed by atoms with Crippen molar-refractivity contribution in [3.05, 3.63) is 35.4 Å². The van der Waals surface area contributed by atoms with E-state index in [1.807, 2.05) is 24.3 Å². The van der Waals surface area contributed by atoms with Gasteiger partial charge in [0.1, 0.15) is 0 Å². The van der Waals surface area contributed by atoms with Gasteiger partial charge in [-0.2, -0.15) is 13.2 Å². The smallest absolute Gasteiger partial charge is 0.171 e. The van der Waals surface area contributed by atoms with E-state index in [0.29, 0.717) is 0 Å². The number of hydrogen-bond donors (Lipinski definition) is 0. The van der Waals surface area contributed by atoms with E-state index in [-0.39, 0.29) is 11.2 Å². The Hall–Kier alpha value is -0.510. The van der Waals surface area contributed by atoms with E-state index in [4.69, 9.17) is 0 Å². The molecule has 0 nitrogen and oxygen atoms in total. The van der Waals surface area contributed by atoms with Crippen molar-refractivity contribution in [3.8, 4) is 0 Å². The first-order chi connectivity index (χ1) is 8.42. The Labute approximate surface area is 115 Å². The first kappa shape index (κ1) is 15.5. The summed E-state index contributed by atoms with van der Waals surface area (Å²) < 4.78 is 36.3. The minimum atomic E-state index is -4.08. The number of hydrogen-bond acceptors (Lipinski definition) is 0. The van der Waals surface area contributed by atoms with Crippen LogP contribution in [0.1, 0.15) is 48.6 Å². The second kappa shape index (κ2) is 7.17. The molecule has 0 radical (unpaired) electrons. The molecule has 0 bridgehead atoms. The number of aryl methyl sites for hydroxylation is 1. The average Bonchev–Trinajstić information content (AvgIpc) is 2.33. The summed E-state index contributed by atoms with van der Waals surface area (Å²) in [6, 6.07) is 7.85. The van der Waals surface area contributed by atoms with Crippen LogP contribution in [-0.2, 0) is 6.42 Å². The Morgan fingerprint density at radius 3 is 2.28 bits per heavy atom. The van der Waals surface area contributed by atoms with Gasteiger partial charge in [0.15, 0.2) is 0 Å². The summed E-state index contributed by atoms with van der Waals surface area (Å²) in [5, 5.41) is 0. The van der Waals surface area contributed by atoms with Gasteiger partial charge in [-0.25, -0.2) is 0 Å². The topological polar surface area (TPSA) is 0 Å². The minimum Gasteiger partial charge on any atom is -0.171 e. The molecule has 0 spiro atoms. The van der Waals surface area contributed by atoms with Crippen LogP contribution in [0.2, 0.25) is 0 Å². The number of halogens is 4. The van der Waals surface area contributed by atoms with Crippen molar-refractivity contribution < 1.29 is 13.2 Å². The maximum Gasteiger partial charge on any atom is 0.389 e. The van der Waals surface area contributed by atoms with Gasteiger partial charge >= 0.3 is 6.18 Å². The zero-order valence-corrected chi connectivity index (χ0v) is 12.0. The van der Waals surface area contributed by atoms with E-state index >= 15 is 0 Å². The molecule has 102 valence electrons. The largest absolute Gasteiger partial charge is 0.389 e. The molecule has 0 saturated heterocycles. The zero-order chi connectivity index (χ0) is 13.6. The van der Waals surface area contributed by atoms with Crippen LogP contribution in [0.15, 0.2) is 24.3 Å². The van der Waals surface area contributed by atoms with Gasteiger partial charge in [0.25, 0.3) is 0 Å². The van der Waals surface area contributed by atoms with Crippen molar-refractivity contribution >= 4 is 15.9 Å². The van der Waals surface area contributed by atoms with Crippen LogP contribution < -0.4 is 0 Å². The van der Waals surface area contributed by atoms with Crippen molar-refractivity contribution in [3.63, 3.8) is 0 Å². The standard InChI is InChI=1S/C14H18BrF3/c1-2-3-4-11-5-7-12(8-6-11)13(15)9-10-14(16,17)18/h5-8,13H,2-4,9-10H2,1H3. The molecule has 1 unspecified atom stereocenters. The molecular weight excluding hydrogens is 305 g/mol. The third kappa shape index (κ3) is 5.89. The van der Waals surface area contributed by atoms with Crippen molar-refractivity contribution in [1.82, 2.24) is 0 Å². The molecule has 0 heterocycles.